The van der Waals surface area contributed by atoms with E-state index in [0.29, 0.717) is 30.0 Å². The fraction of sp³-hybridized carbons (Fsp3) is 0.348. The topological polar surface area (TPSA) is 93.0 Å². The summed E-state index contributed by atoms with van der Waals surface area (Å²) in [5.41, 5.74) is 0.713. The zero-order valence-electron chi connectivity index (χ0n) is 18.2. The van der Waals surface area contributed by atoms with E-state index in [-0.39, 0.29) is 12.7 Å². The Hall–Kier alpha value is -3.62. The number of halogens is 1. The van der Waals surface area contributed by atoms with E-state index < -0.39 is 17.1 Å². The van der Waals surface area contributed by atoms with Crippen molar-refractivity contribution in [3.8, 4) is 0 Å². The molecule has 8 nitrogen and oxygen atoms in total. The summed E-state index contributed by atoms with van der Waals surface area (Å²) < 4.78 is 16.9. The number of pyridine rings is 1. The molecule has 0 fully saturated rings. The predicted molar refractivity (Wildman–Crippen MR) is 124 cm³/mol. The van der Waals surface area contributed by atoms with Crippen molar-refractivity contribution in [2.45, 2.75) is 45.4 Å². The Morgan fingerprint density at radius 1 is 1.12 bits per heavy atom. The van der Waals surface area contributed by atoms with E-state index in [1.165, 1.54) is 6.07 Å². The highest BCUT2D eigenvalue weighted by atomic mass is 19.1. The van der Waals surface area contributed by atoms with E-state index >= 15 is 0 Å². The second-order valence-electron chi connectivity index (χ2n) is 7.84. The van der Waals surface area contributed by atoms with Gasteiger partial charge in [-0.2, -0.15) is 0 Å². The quantitative estimate of drug-likeness (QED) is 0.501. The van der Waals surface area contributed by atoms with Crippen LogP contribution in [0.3, 0.4) is 0 Å². The van der Waals surface area contributed by atoms with Gasteiger partial charge in [0.15, 0.2) is 0 Å². The molecule has 1 aromatic carbocycles. The first kappa shape index (κ1) is 21.6. The number of aromatic nitrogens is 3. The van der Waals surface area contributed by atoms with Gasteiger partial charge >= 0.3 is 5.69 Å². The Labute approximate surface area is 185 Å². The number of nitrogens with zero attached hydrogens (tertiary/aromatic N) is 3. The summed E-state index contributed by atoms with van der Waals surface area (Å²) in [6.07, 6.45) is 3.76. The van der Waals surface area contributed by atoms with E-state index in [0.717, 1.165) is 28.8 Å². The first-order valence-electron chi connectivity index (χ1n) is 10.8. The van der Waals surface area contributed by atoms with Gasteiger partial charge in [-0.25, -0.2) is 14.2 Å². The number of rotatable bonds is 8. The number of nitrogens with one attached hydrogen (secondary N) is 3. The largest absolute Gasteiger partial charge is 0.373 e. The van der Waals surface area contributed by atoms with Crippen LogP contribution in [0.5, 0.6) is 0 Å². The Morgan fingerprint density at radius 2 is 1.94 bits per heavy atom. The number of anilines is 3. The lowest BCUT2D eigenvalue weighted by Crippen LogP contribution is -2.41. The molecule has 168 valence electrons. The summed E-state index contributed by atoms with van der Waals surface area (Å²) in [5.74, 6) is 0.817. The van der Waals surface area contributed by atoms with Crippen molar-refractivity contribution in [2.24, 2.45) is 0 Å². The summed E-state index contributed by atoms with van der Waals surface area (Å²) in [7, 11) is 1.81. The fourth-order valence-electron chi connectivity index (χ4n) is 3.85. The van der Waals surface area contributed by atoms with E-state index in [1.54, 1.807) is 36.0 Å². The third-order valence-corrected chi connectivity index (χ3v) is 5.60. The smallest absolute Gasteiger partial charge is 0.332 e. The van der Waals surface area contributed by atoms with E-state index in [2.05, 4.69) is 20.9 Å². The van der Waals surface area contributed by atoms with Crippen molar-refractivity contribution in [2.75, 3.05) is 23.0 Å². The molecule has 0 bridgehead atoms. The minimum absolute atomic E-state index is 0.120. The second-order valence-corrected chi connectivity index (χ2v) is 7.84. The molecule has 0 aliphatic carbocycles. The van der Waals surface area contributed by atoms with Gasteiger partial charge in [0.05, 0.1) is 6.54 Å². The zero-order chi connectivity index (χ0) is 22.7. The number of hydrogen-bond acceptors (Lipinski definition) is 6. The first-order valence-corrected chi connectivity index (χ1v) is 10.8. The molecule has 3 heterocycles. The number of benzene rings is 1. The molecule has 0 amide bonds. The van der Waals surface area contributed by atoms with Crippen molar-refractivity contribution < 1.29 is 4.39 Å². The molecule has 0 saturated heterocycles. The van der Waals surface area contributed by atoms with Gasteiger partial charge in [0.25, 0.3) is 5.56 Å². The summed E-state index contributed by atoms with van der Waals surface area (Å²) >= 11 is 0. The van der Waals surface area contributed by atoms with Crippen LogP contribution in [0.1, 0.15) is 30.9 Å². The summed E-state index contributed by atoms with van der Waals surface area (Å²) in [6, 6.07) is 10.0. The van der Waals surface area contributed by atoms with Gasteiger partial charge in [-0.15, -0.1) is 0 Å². The average molecular weight is 439 g/mol. The van der Waals surface area contributed by atoms with Crippen molar-refractivity contribution in [3.05, 3.63) is 80.4 Å². The summed E-state index contributed by atoms with van der Waals surface area (Å²) in [4.78, 5) is 30.8. The zero-order valence-corrected chi connectivity index (χ0v) is 18.2. The Morgan fingerprint density at radius 3 is 2.62 bits per heavy atom. The van der Waals surface area contributed by atoms with Crippen LogP contribution in [0.2, 0.25) is 0 Å². The van der Waals surface area contributed by atoms with Gasteiger partial charge in [-0.05, 0) is 24.1 Å². The van der Waals surface area contributed by atoms with Gasteiger partial charge in [0, 0.05) is 31.8 Å². The normalized spacial score (nSPS) is 14.5. The van der Waals surface area contributed by atoms with Crippen LogP contribution in [0, 0.1) is 5.82 Å². The molecule has 4 rings (SSSR count). The first-order chi connectivity index (χ1) is 15.5. The average Bonchev–Trinajstić information content (AvgIpc) is 3.22. The molecule has 0 spiro atoms. The highest BCUT2D eigenvalue weighted by molar-refractivity contribution is 5.70. The summed E-state index contributed by atoms with van der Waals surface area (Å²) in [5, 5.41) is 9.50. The second kappa shape index (κ2) is 9.25. The lowest BCUT2D eigenvalue weighted by atomic mass is 10.2. The van der Waals surface area contributed by atoms with Crippen molar-refractivity contribution in [1.29, 1.82) is 0 Å². The van der Waals surface area contributed by atoms with Crippen molar-refractivity contribution >= 4 is 17.3 Å². The third-order valence-electron chi connectivity index (χ3n) is 5.60. The number of fused-ring (bicyclic) bond motifs is 1. The molecular weight excluding hydrogens is 411 g/mol. The molecule has 0 radical (unpaired) electrons. The van der Waals surface area contributed by atoms with Crippen LogP contribution in [0.15, 0.2) is 52.2 Å². The maximum absolute atomic E-state index is 14.2. The van der Waals surface area contributed by atoms with E-state index in [4.69, 9.17) is 0 Å². The molecule has 1 unspecified atom stereocenters. The molecule has 0 saturated carbocycles. The molecule has 2 aromatic heterocycles. The molecule has 1 aliphatic rings. The van der Waals surface area contributed by atoms with Crippen LogP contribution in [0.4, 0.5) is 21.7 Å². The van der Waals surface area contributed by atoms with Crippen molar-refractivity contribution in [3.63, 3.8) is 0 Å². The van der Waals surface area contributed by atoms with Crippen LogP contribution in [-0.2, 0) is 19.5 Å². The highest BCUT2D eigenvalue weighted by Gasteiger charge is 2.28. The number of unbranched alkanes of at least 4 members (excludes halogenated alkanes) is 1. The molecule has 1 aliphatic heterocycles. The number of hydrogen-bond donors (Lipinski definition) is 3. The lowest BCUT2D eigenvalue weighted by molar-refractivity contribution is 0.547. The van der Waals surface area contributed by atoms with Crippen molar-refractivity contribution in [1.82, 2.24) is 14.1 Å². The minimum Gasteiger partial charge on any atom is -0.373 e. The highest BCUT2D eigenvalue weighted by Crippen LogP contribution is 2.26. The van der Waals surface area contributed by atoms with Gasteiger partial charge < -0.3 is 16.0 Å². The standard InChI is InChI=1S/C23H27FN6O2/c1-3-4-11-29-21-20(27-19(28-21)12-15-9-10-18(25-2)26-13-15)22(31)30(23(29)32)14-16-7-5-6-8-17(16)24/h5-10,13,19,27-28H,3-4,11-12,14H2,1-2H3,(H,25,26). The lowest BCUT2D eigenvalue weighted by Gasteiger charge is -2.15. The fourth-order valence-corrected chi connectivity index (χ4v) is 3.85. The molecule has 32 heavy (non-hydrogen) atoms. The van der Waals surface area contributed by atoms with Gasteiger partial charge in [-0.3, -0.25) is 13.9 Å². The van der Waals surface area contributed by atoms with E-state index in [1.807, 2.05) is 19.1 Å². The van der Waals surface area contributed by atoms with Gasteiger partial charge in [0.2, 0.25) is 0 Å². The maximum atomic E-state index is 14.2. The van der Waals surface area contributed by atoms with Crippen LogP contribution >= 0.6 is 0 Å². The van der Waals surface area contributed by atoms with Crippen LogP contribution in [-0.4, -0.2) is 27.3 Å². The predicted octanol–water partition coefficient (Wildman–Crippen LogP) is 2.84. The maximum Gasteiger partial charge on any atom is 0.332 e. The molecule has 3 aromatic rings. The Balaban J connectivity index is 1.68. The van der Waals surface area contributed by atoms with Crippen LogP contribution < -0.4 is 27.2 Å². The van der Waals surface area contributed by atoms with Gasteiger partial charge in [0.1, 0.15) is 29.3 Å². The molecular formula is C23H27FN6O2. The minimum atomic E-state index is -0.459. The van der Waals surface area contributed by atoms with Crippen LogP contribution in [0.25, 0.3) is 0 Å². The monoisotopic (exact) mass is 438 g/mol. The SMILES string of the molecule is CCCCn1c2c(c(=O)n(Cc3ccccc3F)c1=O)NC(Cc1ccc(NC)nc1)N2. The third kappa shape index (κ3) is 4.23. The molecule has 1 atom stereocenters. The summed E-state index contributed by atoms with van der Waals surface area (Å²) in [6.45, 7) is 2.39. The molecule has 9 heteroatoms. The Bertz CT molecular complexity index is 1220. The van der Waals surface area contributed by atoms with Gasteiger partial charge in [-0.1, -0.05) is 37.6 Å². The van der Waals surface area contributed by atoms with E-state index in [9.17, 15) is 14.0 Å². The molecule has 3 N–H and O–H groups in total. The Kier molecular flexibility index (Phi) is 6.25.